The lowest BCUT2D eigenvalue weighted by Crippen LogP contribution is -2.46. The minimum Gasteiger partial charge on any atom is -0.396 e. The van der Waals surface area contributed by atoms with E-state index in [0.717, 1.165) is 62.6 Å². The van der Waals surface area contributed by atoms with Crippen LogP contribution in [0.5, 0.6) is 0 Å². The summed E-state index contributed by atoms with van der Waals surface area (Å²) >= 11 is 1.79. The molecule has 0 aliphatic carbocycles. The molecule has 3 heterocycles. The fraction of sp³-hybridized carbons (Fsp3) is 0.409. The van der Waals surface area contributed by atoms with E-state index in [2.05, 4.69) is 58.5 Å². The summed E-state index contributed by atoms with van der Waals surface area (Å²) in [5.74, 6) is 1.14. The van der Waals surface area contributed by atoms with Crippen molar-refractivity contribution in [2.75, 3.05) is 44.2 Å². The zero-order valence-electron chi connectivity index (χ0n) is 15.9. The smallest absolute Gasteiger partial charge is 0.147 e. The molecule has 0 amide bonds. The quantitative estimate of drug-likeness (QED) is 0.700. The Hall–Kier alpha value is -1.95. The summed E-state index contributed by atoms with van der Waals surface area (Å²) in [6.45, 7) is 7.89. The number of anilines is 1. The molecule has 0 spiro atoms. The Labute approximate surface area is 165 Å². The monoisotopic (exact) mass is 381 g/mol. The zero-order valence-corrected chi connectivity index (χ0v) is 16.7. The number of rotatable bonds is 6. The second kappa shape index (κ2) is 8.38. The number of piperazine rings is 1. The van der Waals surface area contributed by atoms with Gasteiger partial charge in [-0.15, -0.1) is 11.3 Å². The van der Waals surface area contributed by atoms with Crippen LogP contribution < -0.4 is 4.90 Å². The first-order valence-corrected chi connectivity index (χ1v) is 10.7. The van der Waals surface area contributed by atoms with Crippen LogP contribution in [0.25, 0.3) is 21.3 Å². The third-order valence-electron chi connectivity index (χ3n) is 5.41. The van der Waals surface area contributed by atoms with E-state index in [-0.39, 0.29) is 6.61 Å². The Morgan fingerprint density at radius 3 is 2.56 bits per heavy atom. The Morgan fingerprint density at radius 1 is 1.07 bits per heavy atom. The molecule has 1 saturated heterocycles. The van der Waals surface area contributed by atoms with Gasteiger partial charge in [0.15, 0.2) is 0 Å². The summed E-state index contributed by atoms with van der Waals surface area (Å²) in [6, 6.07) is 13.0. The zero-order chi connectivity index (χ0) is 18.6. The summed E-state index contributed by atoms with van der Waals surface area (Å²) in [6.07, 6.45) is 1.73. The topological polar surface area (TPSA) is 39.6 Å². The molecule has 1 aliphatic rings. The van der Waals surface area contributed by atoms with Crippen LogP contribution in [0.2, 0.25) is 0 Å². The van der Waals surface area contributed by atoms with Crippen LogP contribution >= 0.6 is 11.3 Å². The molecule has 4 nitrogen and oxygen atoms in total. The van der Waals surface area contributed by atoms with E-state index in [1.807, 2.05) is 0 Å². The highest BCUT2D eigenvalue weighted by molar-refractivity contribution is 7.17. The van der Waals surface area contributed by atoms with Gasteiger partial charge in [-0.3, -0.25) is 0 Å². The average Bonchev–Trinajstić information content (AvgIpc) is 3.21. The second-order valence-corrected chi connectivity index (χ2v) is 8.03. The Morgan fingerprint density at radius 2 is 1.85 bits per heavy atom. The molecule has 1 aromatic carbocycles. The third kappa shape index (κ3) is 4.00. The number of aryl methyl sites for hydroxylation is 1. The number of benzene rings is 1. The Kier molecular flexibility index (Phi) is 5.72. The maximum absolute atomic E-state index is 9.01. The number of nitrogens with zero attached hydrogens (tertiary/aromatic N) is 3. The number of aromatic nitrogens is 1. The molecule has 1 N–H and O–H groups in total. The van der Waals surface area contributed by atoms with Crippen LogP contribution in [0.4, 0.5) is 5.82 Å². The third-order valence-corrected chi connectivity index (χ3v) is 6.34. The summed E-state index contributed by atoms with van der Waals surface area (Å²) in [5, 5.41) is 12.5. The average molecular weight is 382 g/mol. The summed E-state index contributed by atoms with van der Waals surface area (Å²) in [4.78, 5) is 10.0. The van der Waals surface area contributed by atoms with Crippen molar-refractivity contribution < 1.29 is 5.11 Å². The standard InChI is InChI=1S/C22H27N3OS/c1-2-24-10-12-25(13-11-24)22-21-19(9-15-27-21)16-20(23-22)18-7-5-17(6-8-18)4-3-14-26/h5-9,15-16,26H,2-4,10-14H2,1H3. The van der Waals surface area contributed by atoms with Gasteiger partial charge < -0.3 is 14.9 Å². The van der Waals surface area contributed by atoms with Gasteiger partial charge in [0.1, 0.15) is 5.82 Å². The van der Waals surface area contributed by atoms with Crippen molar-refractivity contribution in [3.8, 4) is 11.3 Å². The van der Waals surface area contributed by atoms with Gasteiger partial charge in [0.25, 0.3) is 0 Å². The number of fused-ring (bicyclic) bond motifs is 1. The van der Waals surface area contributed by atoms with Gasteiger partial charge in [0.05, 0.1) is 10.4 Å². The fourth-order valence-electron chi connectivity index (χ4n) is 3.72. The highest BCUT2D eigenvalue weighted by Gasteiger charge is 2.20. The Balaban J connectivity index is 1.64. The number of pyridine rings is 1. The van der Waals surface area contributed by atoms with Crippen LogP contribution in [-0.2, 0) is 6.42 Å². The first-order valence-electron chi connectivity index (χ1n) is 9.84. The van der Waals surface area contributed by atoms with Crippen LogP contribution in [0, 0.1) is 0 Å². The predicted molar refractivity (Wildman–Crippen MR) is 115 cm³/mol. The minimum atomic E-state index is 0.243. The largest absolute Gasteiger partial charge is 0.396 e. The highest BCUT2D eigenvalue weighted by atomic mass is 32.1. The SMILES string of the molecule is CCN1CCN(c2nc(-c3ccc(CCCO)cc3)cc3ccsc23)CC1. The van der Waals surface area contributed by atoms with Crippen molar-refractivity contribution >= 4 is 27.2 Å². The maximum Gasteiger partial charge on any atom is 0.147 e. The van der Waals surface area contributed by atoms with E-state index < -0.39 is 0 Å². The molecule has 1 fully saturated rings. The number of aliphatic hydroxyl groups excluding tert-OH is 1. The molecule has 4 rings (SSSR count). The van der Waals surface area contributed by atoms with Crippen molar-refractivity contribution in [1.82, 2.24) is 9.88 Å². The summed E-state index contributed by atoms with van der Waals surface area (Å²) in [7, 11) is 0. The van der Waals surface area contributed by atoms with Gasteiger partial charge in [0, 0.05) is 38.3 Å². The number of hydrogen-bond donors (Lipinski definition) is 1. The van der Waals surface area contributed by atoms with Gasteiger partial charge >= 0.3 is 0 Å². The Bertz CT molecular complexity index is 882. The molecule has 27 heavy (non-hydrogen) atoms. The molecule has 0 atom stereocenters. The number of thiophene rings is 1. The molecule has 1 aliphatic heterocycles. The lowest BCUT2D eigenvalue weighted by atomic mass is 10.0. The lowest BCUT2D eigenvalue weighted by molar-refractivity contribution is 0.271. The van der Waals surface area contributed by atoms with E-state index in [1.165, 1.54) is 15.6 Å². The molecular weight excluding hydrogens is 354 g/mol. The second-order valence-electron chi connectivity index (χ2n) is 7.12. The van der Waals surface area contributed by atoms with Gasteiger partial charge in [0.2, 0.25) is 0 Å². The molecule has 5 heteroatoms. The highest BCUT2D eigenvalue weighted by Crippen LogP contribution is 2.34. The van der Waals surface area contributed by atoms with Crippen molar-refractivity contribution in [2.45, 2.75) is 19.8 Å². The van der Waals surface area contributed by atoms with Crippen molar-refractivity contribution in [3.63, 3.8) is 0 Å². The molecule has 0 unspecified atom stereocenters. The molecule has 2 aromatic heterocycles. The van der Waals surface area contributed by atoms with E-state index in [0.29, 0.717) is 0 Å². The van der Waals surface area contributed by atoms with E-state index >= 15 is 0 Å². The van der Waals surface area contributed by atoms with Crippen molar-refractivity contribution in [1.29, 1.82) is 0 Å². The van der Waals surface area contributed by atoms with E-state index in [1.54, 1.807) is 11.3 Å². The molecule has 3 aromatic rings. The van der Waals surface area contributed by atoms with Gasteiger partial charge in [-0.25, -0.2) is 4.98 Å². The minimum absolute atomic E-state index is 0.243. The molecule has 0 bridgehead atoms. The maximum atomic E-state index is 9.01. The first-order chi connectivity index (χ1) is 13.3. The molecule has 0 radical (unpaired) electrons. The normalized spacial score (nSPS) is 15.6. The summed E-state index contributed by atoms with van der Waals surface area (Å²) < 4.78 is 1.29. The first kappa shape index (κ1) is 18.4. The molecular formula is C22H27N3OS. The van der Waals surface area contributed by atoms with Crippen molar-refractivity contribution in [2.24, 2.45) is 0 Å². The number of aliphatic hydroxyl groups is 1. The van der Waals surface area contributed by atoms with Crippen molar-refractivity contribution in [3.05, 3.63) is 47.3 Å². The van der Waals surface area contributed by atoms with Crippen LogP contribution in [0.3, 0.4) is 0 Å². The summed E-state index contributed by atoms with van der Waals surface area (Å²) in [5.41, 5.74) is 3.46. The molecule has 142 valence electrons. The van der Waals surface area contributed by atoms with E-state index in [9.17, 15) is 0 Å². The van der Waals surface area contributed by atoms with Crippen LogP contribution in [0.15, 0.2) is 41.8 Å². The van der Waals surface area contributed by atoms with Gasteiger partial charge in [-0.05, 0) is 47.8 Å². The molecule has 0 saturated carbocycles. The number of hydrogen-bond acceptors (Lipinski definition) is 5. The predicted octanol–water partition coefficient (Wildman–Crippen LogP) is 4.03. The van der Waals surface area contributed by atoms with E-state index in [4.69, 9.17) is 10.1 Å². The fourth-order valence-corrected chi connectivity index (χ4v) is 4.62. The van der Waals surface area contributed by atoms with Gasteiger partial charge in [-0.2, -0.15) is 0 Å². The van der Waals surface area contributed by atoms with Crippen LogP contribution in [-0.4, -0.2) is 54.3 Å². The van der Waals surface area contributed by atoms with Gasteiger partial charge in [-0.1, -0.05) is 31.2 Å². The number of likely N-dealkylation sites (N-methyl/N-ethyl adjacent to an activating group) is 1. The van der Waals surface area contributed by atoms with Crippen LogP contribution in [0.1, 0.15) is 18.9 Å². The lowest BCUT2D eigenvalue weighted by Gasteiger charge is -2.35.